The van der Waals surface area contributed by atoms with Crippen molar-refractivity contribution < 1.29 is 4.74 Å². The van der Waals surface area contributed by atoms with E-state index < -0.39 is 0 Å². The van der Waals surface area contributed by atoms with Crippen molar-refractivity contribution in [2.45, 2.75) is 26.5 Å². The molecule has 0 N–H and O–H groups in total. The summed E-state index contributed by atoms with van der Waals surface area (Å²) in [4.78, 5) is 4.06. The van der Waals surface area contributed by atoms with Gasteiger partial charge in [0.05, 0.1) is 19.5 Å². The van der Waals surface area contributed by atoms with Crippen LogP contribution in [0, 0.1) is 0 Å². The molecule has 2 aromatic rings. The van der Waals surface area contributed by atoms with Gasteiger partial charge in [0.1, 0.15) is 6.10 Å². The molecule has 0 fully saturated rings. The molecule has 2 rings (SSSR count). The molecule has 1 aromatic heterocycles. The van der Waals surface area contributed by atoms with Crippen molar-refractivity contribution >= 4 is 23.2 Å². The van der Waals surface area contributed by atoms with Crippen LogP contribution in [0.2, 0.25) is 10.0 Å². The predicted molar refractivity (Wildman–Crippen MR) is 86.8 cm³/mol. The van der Waals surface area contributed by atoms with Gasteiger partial charge in [0, 0.05) is 28.0 Å². The maximum absolute atomic E-state index is 6.30. The van der Waals surface area contributed by atoms with Crippen molar-refractivity contribution in [2.75, 3.05) is 6.61 Å². The zero-order chi connectivity index (χ0) is 15.2. The minimum absolute atomic E-state index is 0.153. The number of benzene rings is 1. The van der Waals surface area contributed by atoms with E-state index in [2.05, 4.69) is 4.98 Å². The van der Waals surface area contributed by atoms with E-state index in [0.29, 0.717) is 23.2 Å². The van der Waals surface area contributed by atoms with Gasteiger partial charge in [-0.3, -0.25) is 0 Å². The number of hydrogen-bond donors (Lipinski definition) is 0. The van der Waals surface area contributed by atoms with Gasteiger partial charge in [0.25, 0.3) is 0 Å². The van der Waals surface area contributed by atoms with Crippen LogP contribution in [0.4, 0.5) is 0 Å². The highest BCUT2D eigenvalue weighted by atomic mass is 35.5. The van der Waals surface area contributed by atoms with E-state index >= 15 is 0 Å². The van der Waals surface area contributed by atoms with E-state index in [9.17, 15) is 0 Å². The minimum atomic E-state index is -0.153. The fraction of sp³-hybridized carbons (Fsp3) is 0.312. The van der Waals surface area contributed by atoms with E-state index in [4.69, 9.17) is 27.9 Å². The van der Waals surface area contributed by atoms with Crippen LogP contribution in [0.15, 0.2) is 48.6 Å². The highest BCUT2D eigenvalue weighted by Gasteiger charge is 2.16. The molecule has 0 saturated carbocycles. The summed E-state index contributed by atoms with van der Waals surface area (Å²) < 4.78 is 7.95. The first-order valence-corrected chi connectivity index (χ1v) is 7.47. The minimum Gasteiger partial charge on any atom is -0.368 e. The summed E-state index contributed by atoms with van der Waals surface area (Å²) in [5.74, 6) is 0. The second kappa shape index (κ2) is 7.64. The van der Waals surface area contributed by atoms with Crippen LogP contribution in [0.1, 0.15) is 25.5 Å². The van der Waals surface area contributed by atoms with Gasteiger partial charge in [0.15, 0.2) is 0 Å². The van der Waals surface area contributed by atoms with Gasteiger partial charge in [-0.1, -0.05) is 40.9 Å². The Morgan fingerprint density at radius 1 is 1.38 bits per heavy atom. The van der Waals surface area contributed by atoms with Gasteiger partial charge >= 0.3 is 0 Å². The molecule has 112 valence electrons. The Balaban J connectivity index is 2.19. The van der Waals surface area contributed by atoms with Gasteiger partial charge < -0.3 is 9.30 Å². The van der Waals surface area contributed by atoms with Gasteiger partial charge in [0.2, 0.25) is 0 Å². The predicted octanol–water partition coefficient (Wildman–Crippen LogP) is 4.91. The lowest BCUT2D eigenvalue weighted by molar-refractivity contribution is 0.0604. The lowest BCUT2D eigenvalue weighted by atomic mass is 10.1. The van der Waals surface area contributed by atoms with E-state index in [-0.39, 0.29) is 6.10 Å². The zero-order valence-corrected chi connectivity index (χ0v) is 13.6. The summed E-state index contributed by atoms with van der Waals surface area (Å²) in [6, 6.07) is 5.48. The van der Waals surface area contributed by atoms with E-state index in [0.717, 1.165) is 5.56 Å². The molecule has 0 spiro atoms. The Morgan fingerprint density at radius 3 is 2.81 bits per heavy atom. The molecule has 0 aliphatic heterocycles. The molecular weight excluding hydrogens is 307 g/mol. The van der Waals surface area contributed by atoms with Gasteiger partial charge in [-0.25, -0.2) is 4.98 Å². The van der Waals surface area contributed by atoms with Crippen LogP contribution in [0.5, 0.6) is 0 Å². The lowest BCUT2D eigenvalue weighted by Crippen LogP contribution is -2.12. The van der Waals surface area contributed by atoms with Gasteiger partial charge in [-0.05, 0) is 26.0 Å². The van der Waals surface area contributed by atoms with Crippen LogP contribution in [-0.2, 0) is 11.3 Å². The molecule has 0 radical (unpaired) electrons. The second-order valence-electron chi connectivity index (χ2n) is 5.03. The Hall–Kier alpha value is -1.29. The van der Waals surface area contributed by atoms with Crippen LogP contribution >= 0.6 is 23.2 Å². The molecule has 1 heterocycles. The summed E-state index contributed by atoms with van der Waals surface area (Å²) in [6.45, 7) is 5.28. The molecule has 1 atom stereocenters. The second-order valence-corrected chi connectivity index (χ2v) is 5.87. The normalized spacial score (nSPS) is 12.2. The molecule has 0 aliphatic rings. The van der Waals surface area contributed by atoms with Crippen molar-refractivity contribution in [1.82, 2.24) is 9.55 Å². The third kappa shape index (κ3) is 4.88. The smallest absolute Gasteiger partial charge is 0.102 e. The van der Waals surface area contributed by atoms with Crippen molar-refractivity contribution in [3.63, 3.8) is 0 Å². The van der Waals surface area contributed by atoms with Gasteiger partial charge in [-0.15, -0.1) is 0 Å². The number of halogens is 2. The quantitative estimate of drug-likeness (QED) is 0.705. The van der Waals surface area contributed by atoms with Crippen molar-refractivity contribution in [3.8, 4) is 0 Å². The lowest BCUT2D eigenvalue weighted by Gasteiger charge is -2.19. The molecular formula is C16H18Cl2N2O. The highest BCUT2D eigenvalue weighted by molar-refractivity contribution is 6.35. The average Bonchev–Trinajstić information content (AvgIpc) is 2.90. The van der Waals surface area contributed by atoms with Crippen molar-refractivity contribution in [3.05, 3.63) is 64.2 Å². The first kappa shape index (κ1) is 16.1. The molecule has 1 unspecified atom stereocenters. The Morgan fingerprint density at radius 2 is 2.19 bits per heavy atom. The number of aromatic nitrogens is 2. The highest BCUT2D eigenvalue weighted by Crippen LogP contribution is 2.29. The molecule has 21 heavy (non-hydrogen) atoms. The van der Waals surface area contributed by atoms with Crippen molar-refractivity contribution in [2.24, 2.45) is 0 Å². The largest absolute Gasteiger partial charge is 0.368 e. The van der Waals surface area contributed by atoms with Crippen LogP contribution in [0.25, 0.3) is 0 Å². The Labute approximate surface area is 135 Å². The van der Waals surface area contributed by atoms with E-state index in [1.54, 1.807) is 18.6 Å². The monoisotopic (exact) mass is 324 g/mol. The number of imidazole rings is 1. The Kier molecular flexibility index (Phi) is 5.85. The van der Waals surface area contributed by atoms with Crippen molar-refractivity contribution in [1.29, 1.82) is 0 Å². The number of ether oxygens (including phenoxy) is 1. The molecule has 0 amide bonds. The first-order valence-electron chi connectivity index (χ1n) is 6.72. The third-order valence-electron chi connectivity index (χ3n) is 3.03. The SMILES string of the molecule is CC(C)=CCOC(Cn1ccnc1)c1ccc(Cl)cc1Cl. The molecule has 0 aliphatic carbocycles. The summed E-state index contributed by atoms with van der Waals surface area (Å²) in [6.07, 6.45) is 7.31. The Bertz CT molecular complexity index is 605. The van der Waals surface area contributed by atoms with Crippen LogP contribution in [0.3, 0.4) is 0 Å². The molecule has 0 bridgehead atoms. The standard InChI is InChI=1S/C16H18Cl2N2O/c1-12(2)5-8-21-16(10-20-7-6-19-11-20)14-4-3-13(17)9-15(14)18/h3-7,9,11,16H,8,10H2,1-2H3. The molecule has 5 heteroatoms. The zero-order valence-electron chi connectivity index (χ0n) is 12.1. The topological polar surface area (TPSA) is 27.1 Å². The van der Waals surface area contributed by atoms with E-state index in [1.807, 2.05) is 42.8 Å². The number of nitrogens with zero attached hydrogens (tertiary/aromatic N) is 2. The molecule has 1 aromatic carbocycles. The van der Waals surface area contributed by atoms with Gasteiger partial charge in [-0.2, -0.15) is 0 Å². The summed E-state index contributed by atoms with van der Waals surface area (Å²) in [7, 11) is 0. The fourth-order valence-corrected chi connectivity index (χ4v) is 2.45. The van der Waals surface area contributed by atoms with Crippen LogP contribution < -0.4 is 0 Å². The fourth-order valence-electron chi connectivity index (χ4n) is 1.92. The first-order chi connectivity index (χ1) is 10.1. The maximum atomic E-state index is 6.30. The number of hydrogen-bond acceptors (Lipinski definition) is 2. The average molecular weight is 325 g/mol. The summed E-state index contributed by atoms with van der Waals surface area (Å²) in [5, 5.41) is 1.24. The maximum Gasteiger partial charge on any atom is 0.102 e. The molecule has 3 nitrogen and oxygen atoms in total. The third-order valence-corrected chi connectivity index (χ3v) is 3.60. The van der Waals surface area contributed by atoms with Crippen LogP contribution in [-0.4, -0.2) is 16.2 Å². The summed E-state index contributed by atoms with van der Waals surface area (Å²) >= 11 is 12.3. The number of rotatable bonds is 6. The number of allylic oxidation sites excluding steroid dienone is 1. The summed E-state index contributed by atoms with van der Waals surface area (Å²) in [5.41, 5.74) is 2.15. The van der Waals surface area contributed by atoms with E-state index in [1.165, 1.54) is 5.57 Å². The molecule has 0 saturated heterocycles.